The summed E-state index contributed by atoms with van der Waals surface area (Å²) in [5.74, 6) is -0.221. The lowest BCUT2D eigenvalue weighted by Crippen LogP contribution is -2.21. The minimum Gasteiger partial charge on any atom is -0.325 e. The van der Waals surface area contributed by atoms with Crippen LogP contribution in [0.5, 0.6) is 0 Å². The number of aromatic nitrogens is 2. The first kappa shape index (κ1) is 20.0. The van der Waals surface area contributed by atoms with E-state index in [9.17, 15) is 19.7 Å². The molecule has 0 radical (unpaired) electrons. The quantitative estimate of drug-likeness (QED) is 0.294. The van der Waals surface area contributed by atoms with E-state index in [0.29, 0.717) is 26.6 Å². The minimum atomic E-state index is -0.481. The summed E-state index contributed by atoms with van der Waals surface area (Å²) in [4.78, 5) is 41.5. The highest BCUT2D eigenvalue weighted by Crippen LogP contribution is 2.28. The summed E-state index contributed by atoms with van der Waals surface area (Å²) in [6.07, 6.45) is 0. The van der Waals surface area contributed by atoms with E-state index in [4.69, 9.17) is 0 Å². The van der Waals surface area contributed by atoms with Crippen molar-refractivity contribution in [2.24, 2.45) is 7.05 Å². The predicted octanol–water partition coefficient (Wildman–Crippen LogP) is 3.56. The topological polar surface area (TPSA) is 107 Å². The largest absolute Gasteiger partial charge is 0.325 e. The summed E-state index contributed by atoms with van der Waals surface area (Å²) in [6, 6.07) is 4.26. The Labute approximate surface area is 168 Å². The van der Waals surface area contributed by atoms with Gasteiger partial charge in [-0.25, -0.2) is 4.98 Å². The molecule has 0 aliphatic heterocycles. The maximum absolute atomic E-state index is 12.6. The number of anilines is 1. The van der Waals surface area contributed by atoms with Gasteiger partial charge in [-0.3, -0.25) is 24.3 Å². The lowest BCUT2D eigenvalue weighted by atomic mass is 10.2. The van der Waals surface area contributed by atoms with Crippen molar-refractivity contribution in [2.75, 3.05) is 11.1 Å². The molecule has 3 rings (SSSR count). The number of rotatable bonds is 5. The molecule has 3 aromatic rings. The summed E-state index contributed by atoms with van der Waals surface area (Å²) < 4.78 is 1.45. The van der Waals surface area contributed by atoms with Crippen LogP contribution in [0.4, 0.5) is 11.4 Å². The van der Waals surface area contributed by atoms with Crippen LogP contribution in [-0.2, 0) is 11.8 Å². The zero-order chi connectivity index (χ0) is 20.6. The van der Waals surface area contributed by atoms with Gasteiger partial charge in [0.05, 0.1) is 16.1 Å². The molecule has 146 valence electrons. The van der Waals surface area contributed by atoms with Crippen molar-refractivity contribution in [3.05, 3.63) is 54.7 Å². The molecule has 1 N–H and O–H groups in total. The van der Waals surface area contributed by atoms with E-state index in [0.717, 1.165) is 10.4 Å². The maximum Gasteiger partial charge on any atom is 0.269 e. The monoisotopic (exact) mass is 418 g/mol. The van der Waals surface area contributed by atoms with Crippen molar-refractivity contribution in [1.29, 1.82) is 0 Å². The Kier molecular flexibility index (Phi) is 5.52. The van der Waals surface area contributed by atoms with Crippen LogP contribution >= 0.6 is 23.1 Å². The molecule has 28 heavy (non-hydrogen) atoms. The second-order valence-electron chi connectivity index (χ2n) is 6.32. The minimum absolute atomic E-state index is 0.0288. The zero-order valence-electron chi connectivity index (χ0n) is 15.7. The molecule has 10 heteroatoms. The first-order valence-electron chi connectivity index (χ1n) is 8.33. The van der Waals surface area contributed by atoms with Crippen LogP contribution < -0.4 is 10.9 Å². The number of hydrogen-bond donors (Lipinski definition) is 1. The molecule has 0 aliphatic carbocycles. The van der Waals surface area contributed by atoms with Crippen molar-refractivity contribution < 1.29 is 9.72 Å². The van der Waals surface area contributed by atoms with Crippen LogP contribution in [-0.4, -0.2) is 26.1 Å². The molecule has 1 amide bonds. The van der Waals surface area contributed by atoms with Gasteiger partial charge < -0.3 is 5.32 Å². The number of nitrogens with one attached hydrogen (secondary N) is 1. The molecule has 0 aliphatic rings. The molecular weight excluding hydrogens is 400 g/mol. The Morgan fingerprint density at radius 3 is 2.71 bits per heavy atom. The molecule has 0 atom stereocenters. The van der Waals surface area contributed by atoms with Crippen molar-refractivity contribution in [2.45, 2.75) is 25.9 Å². The molecule has 0 saturated carbocycles. The molecule has 0 bridgehead atoms. The highest BCUT2D eigenvalue weighted by molar-refractivity contribution is 7.99. The van der Waals surface area contributed by atoms with E-state index < -0.39 is 4.92 Å². The number of aryl methyl sites for hydroxylation is 3. The van der Waals surface area contributed by atoms with Crippen LogP contribution in [0.1, 0.15) is 16.0 Å². The molecule has 2 aromatic heterocycles. The van der Waals surface area contributed by atoms with Crippen molar-refractivity contribution in [3.63, 3.8) is 0 Å². The Bertz CT molecular complexity index is 1170. The van der Waals surface area contributed by atoms with Gasteiger partial charge in [-0.15, -0.1) is 11.3 Å². The van der Waals surface area contributed by atoms with Gasteiger partial charge in [0, 0.05) is 29.7 Å². The number of nitro groups is 1. The van der Waals surface area contributed by atoms with Gasteiger partial charge in [-0.2, -0.15) is 0 Å². The molecule has 0 unspecified atom stereocenters. The van der Waals surface area contributed by atoms with Gasteiger partial charge >= 0.3 is 0 Å². The third-order valence-corrected chi connectivity index (χ3v) is 6.53. The highest BCUT2D eigenvalue weighted by atomic mass is 32.2. The highest BCUT2D eigenvalue weighted by Gasteiger charge is 2.16. The van der Waals surface area contributed by atoms with Crippen molar-refractivity contribution in [3.8, 4) is 0 Å². The van der Waals surface area contributed by atoms with Crippen molar-refractivity contribution in [1.82, 2.24) is 9.55 Å². The number of fused-ring (bicyclic) bond motifs is 1. The Morgan fingerprint density at radius 1 is 1.36 bits per heavy atom. The first-order chi connectivity index (χ1) is 13.2. The van der Waals surface area contributed by atoms with Crippen LogP contribution in [0.3, 0.4) is 0 Å². The summed E-state index contributed by atoms with van der Waals surface area (Å²) in [7, 11) is 1.64. The molecule has 0 spiro atoms. The smallest absolute Gasteiger partial charge is 0.269 e. The standard InChI is InChI=1S/C18H18N4O4S2/c1-9-7-12(22(25)26)5-6-13(9)19-14(23)8-27-18-20-16-15(17(24)21(18)4)10(2)11(3)28-16/h5-7H,8H2,1-4H3,(H,19,23). The summed E-state index contributed by atoms with van der Waals surface area (Å²) in [5, 5.41) is 14.6. The first-order valence-corrected chi connectivity index (χ1v) is 10.1. The molecule has 0 saturated heterocycles. The number of hydrogen-bond acceptors (Lipinski definition) is 7. The summed E-state index contributed by atoms with van der Waals surface area (Å²) in [6.45, 7) is 5.55. The number of nitro benzene ring substituents is 1. The second kappa shape index (κ2) is 7.72. The normalized spacial score (nSPS) is 11.0. The van der Waals surface area contributed by atoms with E-state index in [-0.39, 0.29) is 22.9 Å². The van der Waals surface area contributed by atoms with E-state index in [1.54, 1.807) is 14.0 Å². The molecule has 8 nitrogen and oxygen atoms in total. The van der Waals surface area contributed by atoms with Gasteiger partial charge in [0.2, 0.25) is 5.91 Å². The van der Waals surface area contributed by atoms with Crippen LogP contribution in [0, 0.1) is 30.9 Å². The Morgan fingerprint density at radius 2 is 2.07 bits per heavy atom. The number of benzene rings is 1. The average molecular weight is 419 g/mol. The molecule has 0 fully saturated rings. The fraction of sp³-hybridized carbons (Fsp3) is 0.278. The number of thioether (sulfide) groups is 1. The van der Waals surface area contributed by atoms with E-state index in [2.05, 4.69) is 10.3 Å². The van der Waals surface area contributed by atoms with E-state index in [1.165, 1.54) is 45.9 Å². The Balaban J connectivity index is 1.75. The van der Waals surface area contributed by atoms with Gasteiger partial charge in [0.25, 0.3) is 11.2 Å². The van der Waals surface area contributed by atoms with Gasteiger partial charge in [0.1, 0.15) is 4.83 Å². The maximum atomic E-state index is 12.6. The zero-order valence-corrected chi connectivity index (χ0v) is 17.4. The lowest BCUT2D eigenvalue weighted by Gasteiger charge is -2.09. The van der Waals surface area contributed by atoms with E-state index in [1.807, 2.05) is 13.8 Å². The third kappa shape index (κ3) is 3.78. The average Bonchev–Trinajstić information content (AvgIpc) is 2.92. The summed E-state index contributed by atoms with van der Waals surface area (Å²) in [5.41, 5.74) is 1.90. The fourth-order valence-electron chi connectivity index (χ4n) is 2.70. The predicted molar refractivity (Wildman–Crippen MR) is 112 cm³/mol. The third-order valence-electron chi connectivity index (χ3n) is 4.40. The number of non-ortho nitro benzene ring substituents is 1. The fourth-order valence-corrected chi connectivity index (χ4v) is 4.55. The van der Waals surface area contributed by atoms with Gasteiger partial charge in [0.15, 0.2) is 5.16 Å². The molecule has 1 aromatic carbocycles. The van der Waals surface area contributed by atoms with Crippen LogP contribution in [0.15, 0.2) is 28.2 Å². The molecular formula is C18H18N4O4S2. The number of nitrogens with zero attached hydrogens (tertiary/aromatic N) is 3. The molecule has 2 heterocycles. The number of amides is 1. The van der Waals surface area contributed by atoms with Crippen LogP contribution in [0.2, 0.25) is 0 Å². The Hall–Kier alpha value is -2.72. The second-order valence-corrected chi connectivity index (χ2v) is 8.46. The van der Waals surface area contributed by atoms with Crippen molar-refractivity contribution >= 4 is 50.6 Å². The number of thiophene rings is 1. The SMILES string of the molecule is Cc1cc([N+](=O)[O-])ccc1NC(=O)CSc1nc2sc(C)c(C)c2c(=O)n1C. The van der Waals surface area contributed by atoms with E-state index >= 15 is 0 Å². The summed E-state index contributed by atoms with van der Waals surface area (Å²) >= 11 is 2.64. The number of carbonyl (C=O) groups is 1. The van der Waals surface area contributed by atoms with Gasteiger partial charge in [-0.05, 0) is 38.0 Å². The van der Waals surface area contributed by atoms with Crippen LogP contribution in [0.25, 0.3) is 10.2 Å². The number of carbonyl (C=O) groups excluding carboxylic acids is 1. The van der Waals surface area contributed by atoms with Gasteiger partial charge in [-0.1, -0.05) is 11.8 Å². The lowest BCUT2D eigenvalue weighted by molar-refractivity contribution is -0.384.